The molecule has 2 N–H and O–H groups in total. The zero-order valence-electron chi connectivity index (χ0n) is 11.1. The van der Waals surface area contributed by atoms with E-state index in [1.165, 1.54) is 0 Å². The van der Waals surface area contributed by atoms with E-state index in [4.69, 9.17) is 22.1 Å². The van der Waals surface area contributed by atoms with Crippen LogP contribution < -0.4 is 10.6 Å². The Kier molecular flexibility index (Phi) is 4.01. The molecule has 21 heavy (non-hydrogen) atoms. The minimum absolute atomic E-state index is 0.405. The number of morpholine rings is 1. The molecule has 1 amide bonds. The SMILES string of the molecule is NC(=O)C1CN(c2ccc3cc(Br)cc(Cl)c3n2)CCO1. The predicted octanol–water partition coefficient (Wildman–Crippen LogP) is 2.34. The predicted molar refractivity (Wildman–Crippen MR) is 85.6 cm³/mol. The number of amides is 1. The van der Waals surface area contributed by atoms with Crippen LogP contribution in [0, 0.1) is 0 Å². The standard InChI is InChI=1S/C14H13BrClN3O2/c15-9-5-8-1-2-12(18-13(8)10(16)6-9)19-3-4-21-11(7-19)14(17)20/h1-2,5-6,11H,3-4,7H2,(H2,17,20). The van der Waals surface area contributed by atoms with Gasteiger partial charge in [-0.05, 0) is 24.3 Å². The molecule has 1 aliphatic rings. The van der Waals surface area contributed by atoms with Gasteiger partial charge < -0.3 is 15.4 Å². The van der Waals surface area contributed by atoms with Crippen LogP contribution in [0.1, 0.15) is 0 Å². The number of nitrogens with zero attached hydrogens (tertiary/aromatic N) is 2. The molecule has 1 unspecified atom stereocenters. The molecule has 1 atom stereocenters. The van der Waals surface area contributed by atoms with Gasteiger partial charge in [0.15, 0.2) is 6.10 Å². The molecular weight excluding hydrogens is 358 g/mol. The first-order chi connectivity index (χ1) is 10.0. The molecule has 2 heterocycles. The summed E-state index contributed by atoms with van der Waals surface area (Å²) >= 11 is 9.65. The van der Waals surface area contributed by atoms with Crippen LogP contribution in [-0.2, 0) is 9.53 Å². The van der Waals surface area contributed by atoms with Crippen molar-refractivity contribution >= 4 is 50.2 Å². The highest BCUT2D eigenvalue weighted by molar-refractivity contribution is 9.10. The van der Waals surface area contributed by atoms with Gasteiger partial charge in [0, 0.05) is 16.4 Å². The molecule has 3 rings (SSSR count). The van der Waals surface area contributed by atoms with Crippen molar-refractivity contribution in [3.63, 3.8) is 0 Å². The molecule has 2 aromatic rings. The Hall–Kier alpha value is -1.37. The van der Waals surface area contributed by atoms with Crippen molar-refractivity contribution in [3.8, 4) is 0 Å². The molecule has 1 aromatic heterocycles. The van der Waals surface area contributed by atoms with Gasteiger partial charge in [0.25, 0.3) is 0 Å². The molecule has 0 radical (unpaired) electrons. The van der Waals surface area contributed by atoms with Crippen LogP contribution in [0.3, 0.4) is 0 Å². The summed E-state index contributed by atoms with van der Waals surface area (Å²) in [6.07, 6.45) is -0.600. The summed E-state index contributed by atoms with van der Waals surface area (Å²) in [7, 11) is 0. The van der Waals surface area contributed by atoms with Crippen molar-refractivity contribution in [2.24, 2.45) is 5.73 Å². The smallest absolute Gasteiger partial charge is 0.248 e. The Labute approximate surface area is 135 Å². The molecular formula is C14H13BrClN3O2. The maximum Gasteiger partial charge on any atom is 0.248 e. The van der Waals surface area contributed by atoms with Crippen molar-refractivity contribution in [2.45, 2.75) is 6.10 Å². The topological polar surface area (TPSA) is 68.5 Å². The van der Waals surface area contributed by atoms with Gasteiger partial charge in [-0.2, -0.15) is 0 Å². The maximum absolute atomic E-state index is 11.3. The summed E-state index contributed by atoms with van der Waals surface area (Å²) in [6, 6.07) is 7.65. The first-order valence-corrected chi connectivity index (χ1v) is 7.63. The number of fused-ring (bicyclic) bond motifs is 1. The molecule has 5 nitrogen and oxygen atoms in total. The minimum Gasteiger partial charge on any atom is -0.367 e. The summed E-state index contributed by atoms with van der Waals surface area (Å²) in [4.78, 5) is 17.8. The van der Waals surface area contributed by atoms with E-state index in [1.807, 2.05) is 29.2 Å². The molecule has 1 aromatic carbocycles. The molecule has 110 valence electrons. The summed E-state index contributed by atoms with van der Waals surface area (Å²) in [6.45, 7) is 1.51. The lowest BCUT2D eigenvalue weighted by Crippen LogP contribution is -2.48. The Bertz CT molecular complexity index is 710. The first-order valence-electron chi connectivity index (χ1n) is 6.46. The number of anilines is 1. The molecule has 0 spiro atoms. The largest absolute Gasteiger partial charge is 0.367 e. The molecule has 7 heteroatoms. The third-order valence-electron chi connectivity index (χ3n) is 3.40. The number of hydrogen-bond acceptors (Lipinski definition) is 4. The number of carbonyl (C=O) groups excluding carboxylic acids is 1. The highest BCUT2D eigenvalue weighted by atomic mass is 79.9. The summed E-state index contributed by atoms with van der Waals surface area (Å²) in [5, 5.41) is 1.54. The van der Waals surface area contributed by atoms with Gasteiger partial charge in [-0.25, -0.2) is 4.98 Å². The second kappa shape index (κ2) is 5.79. The van der Waals surface area contributed by atoms with E-state index in [9.17, 15) is 4.79 Å². The number of carbonyl (C=O) groups is 1. The lowest BCUT2D eigenvalue weighted by Gasteiger charge is -2.32. The Balaban J connectivity index is 1.95. The van der Waals surface area contributed by atoms with Gasteiger partial charge in [-0.1, -0.05) is 27.5 Å². The number of rotatable bonds is 2. The number of aromatic nitrogens is 1. The van der Waals surface area contributed by atoms with Crippen LogP contribution in [0.15, 0.2) is 28.7 Å². The van der Waals surface area contributed by atoms with E-state index < -0.39 is 12.0 Å². The number of halogens is 2. The number of ether oxygens (including phenoxy) is 1. The van der Waals surface area contributed by atoms with E-state index >= 15 is 0 Å². The van der Waals surface area contributed by atoms with Crippen molar-refractivity contribution in [1.82, 2.24) is 4.98 Å². The van der Waals surface area contributed by atoms with Gasteiger partial charge in [-0.15, -0.1) is 0 Å². The van der Waals surface area contributed by atoms with E-state index in [0.717, 1.165) is 21.2 Å². The van der Waals surface area contributed by atoms with Gasteiger partial charge in [0.1, 0.15) is 5.82 Å². The van der Waals surface area contributed by atoms with Crippen molar-refractivity contribution in [3.05, 3.63) is 33.8 Å². The quantitative estimate of drug-likeness (QED) is 0.881. The lowest BCUT2D eigenvalue weighted by molar-refractivity contribution is -0.130. The highest BCUT2D eigenvalue weighted by Crippen LogP contribution is 2.29. The monoisotopic (exact) mass is 369 g/mol. The molecule has 1 saturated heterocycles. The van der Waals surface area contributed by atoms with Crippen LogP contribution in [0.25, 0.3) is 10.9 Å². The zero-order chi connectivity index (χ0) is 15.0. The van der Waals surface area contributed by atoms with Crippen LogP contribution in [0.2, 0.25) is 5.02 Å². The van der Waals surface area contributed by atoms with Crippen LogP contribution in [-0.4, -0.2) is 36.7 Å². The Morgan fingerprint density at radius 3 is 3.05 bits per heavy atom. The lowest BCUT2D eigenvalue weighted by atomic mass is 10.2. The summed E-state index contributed by atoms with van der Waals surface area (Å²) in [5.74, 6) is 0.309. The second-order valence-corrected chi connectivity index (χ2v) is 6.16. The molecule has 0 saturated carbocycles. The van der Waals surface area contributed by atoms with Crippen molar-refractivity contribution in [2.75, 3.05) is 24.6 Å². The van der Waals surface area contributed by atoms with Crippen LogP contribution in [0.4, 0.5) is 5.82 Å². The fourth-order valence-electron chi connectivity index (χ4n) is 2.35. The van der Waals surface area contributed by atoms with Crippen molar-refractivity contribution < 1.29 is 9.53 Å². The average Bonchev–Trinajstić information content (AvgIpc) is 2.47. The zero-order valence-corrected chi connectivity index (χ0v) is 13.4. The van der Waals surface area contributed by atoms with E-state index in [1.54, 1.807) is 0 Å². The van der Waals surface area contributed by atoms with Gasteiger partial charge >= 0.3 is 0 Å². The molecule has 0 bridgehead atoms. The number of primary amides is 1. The highest BCUT2D eigenvalue weighted by Gasteiger charge is 2.25. The number of nitrogens with two attached hydrogens (primary N) is 1. The van der Waals surface area contributed by atoms with Crippen LogP contribution >= 0.6 is 27.5 Å². The summed E-state index contributed by atoms with van der Waals surface area (Å²) in [5.41, 5.74) is 6.04. The number of benzene rings is 1. The minimum atomic E-state index is -0.600. The van der Waals surface area contributed by atoms with Gasteiger partial charge in [0.05, 0.1) is 23.7 Å². The third kappa shape index (κ3) is 2.97. The van der Waals surface area contributed by atoms with E-state index in [0.29, 0.717) is 24.7 Å². The Morgan fingerprint density at radius 2 is 2.29 bits per heavy atom. The van der Waals surface area contributed by atoms with Crippen molar-refractivity contribution in [1.29, 1.82) is 0 Å². The third-order valence-corrected chi connectivity index (χ3v) is 4.15. The Morgan fingerprint density at radius 1 is 1.48 bits per heavy atom. The fourth-order valence-corrected chi connectivity index (χ4v) is 3.23. The van der Waals surface area contributed by atoms with Crippen LogP contribution in [0.5, 0.6) is 0 Å². The average molecular weight is 371 g/mol. The molecule has 0 aliphatic carbocycles. The maximum atomic E-state index is 11.3. The van der Waals surface area contributed by atoms with Gasteiger partial charge in [0.2, 0.25) is 5.91 Å². The van der Waals surface area contributed by atoms with E-state index in [-0.39, 0.29) is 0 Å². The molecule has 1 fully saturated rings. The number of hydrogen-bond donors (Lipinski definition) is 1. The number of pyridine rings is 1. The second-order valence-electron chi connectivity index (χ2n) is 4.84. The first kappa shape index (κ1) is 14.6. The normalized spacial score (nSPS) is 19.0. The molecule has 1 aliphatic heterocycles. The fraction of sp³-hybridized carbons (Fsp3) is 0.286. The summed E-state index contributed by atoms with van der Waals surface area (Å²) < 4.78 is 6.25. The van der Waals surface area contributed by atoms with E-state index in [2.05, 4.69) is 20.9 Å². The van der Waals surface area contributed by atoms with Gasteiger partial charge in [-0.3, -0.25) is 4.79 Å².